The van der Waals surface area contributed by atoms with Crippen molar-refractivity contribution in [2.75, 3.05) is 5.73 Å². The minimum atomic E-state index is -3.36. The molecule has 0 spiro atoms. The van der Waals surface area contributed by atoms with Gasteiger partial charge in [0.1, 0.15) is 0 Å². The van der Waals surface area contributed by atoms with E-state index in [9.17, 15) is 8.42 Å². The first-order valence-electron chi connectivity index (χ1n) is 10.7. The van der Waals surface area contributed by atoms with Crippen molar-refractivity contribution in [2.45, 2.75) is 43.4 Å². The molecular formula is C24H34N6O3S. The van der Waals surface area contributed by atoms with E-state index in [1.165, 1.54) is 6.20 Å². The van der Waals surface area contributed by atoms with Crippen molar-refractivity contribution in [2.24, 2.45) is 5.73 Å². The van der Waals surface area contributed by atoms with Crippen LogP contribution in [0.15, 0.2) is 64.0 Å². The van der Waals surface area contributed by atoms with E-state index in [1.54, 1.807) is 38.1 Å². The fourth-order valence-electron chi connectivity index (χ4n) is 3.26. The third kappa shape index (κ3) is 4.55. The molecule has 4 N–H and O–H groups in total. The van der Waals surface area contributed by atoms with E-state index in [0.717, 1.165) is 11.1 Å². The van der Waals surface area contributed by atoms with Crippen molar-refractivity contribution in [3.05, 3.63) is 60.3 Å². The lowest BCUT2D eigenvalue weighted by molar-refractivity contribution is 0.554. The summed E-state index contributed by atoms with van der Waals surface area (Å²) < 4.78 is 30.6. The van der Waals surface area contributed by atoms with Crippen molar-refractivity contribution in [3.63, 3.8) is 0 Å². The molecule has 0 bridgehead atoms. The van der Waals surface area contributed by atoms with Gasteiger partial charge in [0.15, 0.2) is 21.3 Å². The van der Waals surface area contributed by atoms with Crippen LogP contribution in [0.4, 0.5) is 5.82 Å². The normalized spacial score (nSPS) is 12.3. The number of nitrogens with zero attached hydrogens (tertiary/aromatic N) is 4. The van der Waals surface area contributed by atoms with Gasteiger partial charge in [-0.15, -0.1) is 10.2 Å². The molecule has 2 aromatic heterocycles. The number of nitrogens with two attached hydrogens (primary N) is 2. The molecule has 34 heavy (non-hydrogen) atoms. The Bertz CT molecular complexity index is 1440. The lowest BCUT2D eigenvalue weighted by atomic mass is 9.95. The molecule has 0 saturated carbocycles. The van der Waals surface area contributed by atoms with E-state index in [-0.39, 0.29) is 28.0 Å². The summed E-state index contributed by atoms with van der Waals surface area (Å²) in [6.45, 7) is 7.15. The molecule has 0 saturated heterocycles. The molecule has 0 aliphatic carbocycles. The van der Waals surface area contributed by atoms with Crippen LogP contribution in [-0.4, -0.2) is 33.8 Å². The van der Waals surface area contributed by atoms with Crippen molar-refractivity contribution >= 4 is 15.7 Å². The molecule has 184 valence electrons. The quantitative estimate of drug-likeness (QED) is 0.391. The number of benzene rings is 2. The molecule has 0 unspecified atom stereocenters. The van der Waals surface area contributed by atoms with Gasteiger partial charge < -0.3 is 15.9 Å². The third-order valence-corrected chi connectivity index (χ3v) is 7.57. The maximum Gasteiger partial charge on any atom is 0.270 e. The van der Waals surface area contributed by atoms with Gasteiger partial charge in [-0.2, -0.15) is 0 Å². The topological polar surface area (TPSA) is 151 Å². The second-order valence-corrected chi connectivity index (χ2v) is 11.3. The predicted molar refractivity (Wildman–Crippen MR) is 139 cm³/mol. The highest BCUT2D eigenvalue weighted by atomic mass is 32.2. The number of anilines is 1. The molecule has 0 atom stereocenters. The van der Waals surface area contributed by atoms with Crippen LogP contribution in [0, 0.1) is 0 Å². The molecule has 0 amide bonds. The first-order chi connectivity index (χ1) is 16.0. The van der Waals surface area contributed by atoms with E-state index in [4.69, 9.17) is 15.9 Å². The van der Waals surface area contributed by atoms with Crippen molar-refractivity contribution < 1.29 is 18.5 Å². The fourth-order valence-corrected chi connectivity index (χ4v) is 4.32. The zero-order chi connectivity index (χ0) is 24.7. The Morgan fingerprint density at radius 1 is 0.941 bits per heavy atom. The Morgan fingerprint density at radius 3 is 2.12 bits per heavy atom. The van der Waals surface area contributed by atoms with Crippen LogP contribution in [0.3, 0.4) is 0 Å². The SMILES string of the molecule is CC(C)S(=O)(=O)c1ccc(-c2cnc(N)c(-c3nnc(-c4ccc(C(C)(C)N)cc4)o3)n2)cc1.[HH].[HH].[HH].[HH]. The second kappa shape index (κ2) is 8.62. The summed E-state index contributed by atoms with van der Waals surface area (Å²) in [7, 11) is -3.36. The molecule has 2 heterocycles. The van der Waals surface area contributed by atoms with E-state index in [2.05, 4.69) is 20.2 Å². The molecule has 0 fully saturated rings. The van der Waals surface area contributed by atoms with Crippen LogP contribution in [0.25, 0.3) is 34.3 Å². The highest BCUT2D eigenvalue weighted by Gasteiger charge is 2.20. The van der Waals surface area contributed by atoms with Gasteiger partial charge in [0, 0.05) is 22.4 Å². The van der Waals surface area contributed by atoms with Gasteiger partial charge >= 0.3 is 0 Å². The van der Waals surface area contributed by atoms with Gasteiger partial charge in [-0.1, -0.05) is 24.3 Å². The highest BCUT2D eigenvalue weighted by molar-refractivity contribution is 7.92. The molecule has 4 aromatic rings. The summed E-state index contributed by atoms with van der Waals surface area (Å²) in [5.41, 5.74) is 14.8. The van der Waals surface area contributed by atoms with Crippen LogP contribution in [-0.2, 0) is 15.4 Å². The Kier molecular flexibility index (Phi) is 5.96. The van der Waals surface area contributed by atoms with Crippen molar-refractivity contribution in [3.8, 4) is 34.3 Å². The number of hydrogen-bond donors (Lipinski definition) is 2. The lowest BCUT2D eigenvalue weighted by Gasteiger charge is -2.18. The number of rotatable bonds is 6. The molecule has 10 heteroatoms. The number of aromatic nitrogens is 4. The van der Waals surface area contributed by atoms with E-state index >= 15 is 0 Å². The smallest absolute Gasteiger partial charge is 0.270 e. The highest BCUT2D eigenvalue weighted by Crippen LogP contribution is 2.29. The maximum atomic E-state index is 12.4. The van der Waals surface area contributed by atoms with Crippen LogP contribution < -0.4 is 11.5 Å². The van der Waals surface area contributed by atoms with Gasteiger partial charge in [-0.25, -0.2) is 18.4 Å². The minimum absolute atomic E-state index is 0. The van der Waals surface area contributed by atoms with Crippen LogP contribution in [0.2, 0.25) is 0 Å². The number of sulfone groups is 1. The summed E-state index contributed by atoms with van der Waals surface area (Å²) in [6, 6.07) is 14.0. The van der Waals surface area contributed by atoms with Gasteiger partial charge in [0.05, 0.1) is 22.0 Å². The van der Waals surface area contributed by atoms with Crippen molar-refractivity contribution in [1.29, 1.82) is 0 Å². The van der Waals surface area contributed by atoms with Gasteiger partial charge in [0.25, 0.3) is 5.89 Å². The minimum Gasteiger partial charge on any atom is -0.414 e. The maximum absolute atomic E-state index is 12.4. The average Bonchev–Trinajstić information content (AvgIpc) is 3.29. The summed E-state index contributed by atoms with van der Waals surface area (Å²) >= 11 is 0. The Balaban J connectivity index is 0.00000342. The Labute approximate surface area is 204 Å². The first kappa shape index (κ1) is 23.5. The summed E-state index contributed by atoms with van der Waals surface area (Å²) in [5.74, 6) is 0.577. The van der Waals surface area contributed by atoms with Crippen LogP contribution in [0.1, 0.15) is 39.0 Å². The van der Waals surface area contributed by atoms with E-state index in [1.807, 2.05) is 38.1 Å². The Morgan fingerprint density at radius 2 is 1.53 bits per heavy atom. The largest absolute Gasteiger partial charge is 0.414 e. The summed E-state index contributed by atoms with van der Waals surface area (Å²) in [5, 5.41) is 7.70. The molecule has 0 aliphatic heterocycles. The molecule has 0 radical (unpaired) electrons. The second-order valence-electron chi connectivity index (χ2n) is 8.82. The van der Waals surface area contributed by atoms with Crippen LogP contribution >= 0.6 is 0 Å². The van der Waals surface area contributed by atoms with Crippen LogP contribution in [0.5, 0.6) is 0 Å². The summed E-state index contributed by atoms with van der Waals surface area (Å²) in [4.78, 5) is 9.00. The molecule has 2 aromatic carbocycles. The average molecular weight is 487 g/mol. The van der Waals surface area contributed by atoms with Gasteiger partial charge in [-0.05, 0) is 57.5 Å². The van der Waals surface area contributed by atoms with E-state index in [0.29, 0.717) is 17.1 Å². The molecule has 9 nitrogen and oxygen atoms in total. The van der Waals surface area contributed by atoms with Gasteiger partial charge in [0.2, 0.25) is 5.89 Å². The predicted octanol–water partition coefficient (Wildman–Crippen LogP) is 4.80. The fraction of sp³-hybridized carbons (Fsp3) is 0.250. The zero-order valence-corrected chi connectivity index (χ0v) is 20.2. The monoisotopic (exact) mass is 486 g/mol. The molecule has 4 rings (SSSR count). The number of nitrogen functional groups attached to an aromatic ring is 1. The summed E-state index contributed by atoms with van der Waals surface area (Å²) in [6.07, 6.45) is 1.51. The Hall–Kier alpha value is -3.63. The first-order valence-corrected chi connectivity index (χ1v) is 12.2. The zero-order valence-electron chi connectivity index (χ0n) is 19.4. The van der Waals surface area contributed by atoms with E-state index < -0.39 is 20.6 Å². The third-order valence-electron chi connectivity index (χ3n) is 5.40. The lowest BCUT2D eigenvalue weighted by Crippen LogP contribution is -2.28. The molecule has 0 aliphatic rings. The molecular weight excluding hydrogens is 452 g/mol. The number of hydrogen-bond acceptors (Lipinski definition) is 9. The van der Waals surface area contributed by atoms with Crippen molar-refractivity contribution in [1.82, 2.24) is 20.2 Å². The van der Waals surface area contributed by atoms with Gasteiger partial charge in [-0.3, -0.25) is 0 Å². The standard InChI is InChI=1S/C24H26N6O3S.4H2/c1-14(2)34(31,32)18-11-7-15(8-12-18)19-13-27-21(25)20(28-19)23-30-29-22(33-23)16-5-9-17(10-6-16)24(3,4)26;;;;/h5-14H,26H2,1-4H3,(H2,25,27);4*1H.